The van der Waals surface area contributed by atoms with Crippen molar-refractivity contribution in [1.29, 1.82) is 0 Å². The quantitative estimate of drug-likeness (QED) is 0.746. The van der Waals surface area contributed by atoms with Gasteiger partial charge in [0.2, 0.25) is 0 Å². The summed E-state index contributed by atoms with van der Waals surface area (Å²) in [4.78, 5) is 12.3. The molecule has 1 unspecified atom stereocenters. The highest BCUT2D eigenvalue weighted by Gasteiger charge is 2.14. The van der Waals surface area contributed by atoms with Gasteiger partial charge in [0.1, 0.15) is 0 Å². The van der Waals surface area contributed by atoms with Crippen LogP contribution in [-0.4, -0.2) is 27.8 Å². The van der Waals surface area contributed by atoms with E-state index in [1.807, 2.05) is 13.0 Å². The van der Waals surface area contributed by atoms with Gasteiger partial charge in [0.05, 0.1) is 24.4 Å². The van der Waals surface area contributed by atoms with Crippen LogP contribution in [0.15, 0.2) is 36.7 Å². The van der Waals surface area contributed by atoms with E-state index in [9.17, 15) is 4.79 Å². The first-order valence-electron chi connectivity index (χ1n) is 6.70. The summed E-state index contributed by atoms with van der Waals surface area (Å²) in [6.07, 6.45) is 3.82. The van der Waals surface area contributed by atoms with Crippen LogP contribution >= 0.6 is 0 Å². The molecule has 2 rings (SSSR count). The zero-order chi connectivity index (χ0) is 15.1. The van der Waals surface area contributed by atoms with Gasteiger partial charge >= 0.3 is 0 Å². The fraction of sp³-hybridized carbons (Fsp3) is 0.250. The van der Waals surface area contributed by atoms with E-state index < -0.39 is 0 Å². The molecule has 0 bridgehead atoms. The van der Waals surface area contributed by atoms with E-state index in [1.54, 1.807) is 30.6 Å². The van der Waals surface area contributed by atoms with Crippen LogP contribution in [-0.2, 0) is 0 Å². The number of aliphatic hydroxyl groups excluding tert-OH is 1. The Hall–Kier alpha value is -2.58. The van der Waals surface area contributed by atoms with E-state index in [4.69, 9.17) is 5.11 Å². The molecule has 1 amide bonds. The van der Waals surface area contributed by atoms with Gasteiger partial charge < -0.3 is 10.4 Å². The number of hydrogen-bond donors (Lipinski definition) is 3. The molecule has 21 heavy (non-hydrogen) atoms. The highest BCUT2D eigenvalue weighted by Crippen LogP contribution is 2.13. The molecule has 1 aromatic heterocycles. The van der Waals surface area contributed by atoms with Crippen molar-refractivity contribution in [2.75, 3.05) is 6.61 Å². The van der Waals surface area contributed by atoms with Gasteiger partial charge in [-0.15, -0.1) is 0 Å². The second-order valence-corrected chi connectivity index (χ2v) is 4.55. The average molecular weight is 283 g/mol. The third-order valence-electron chi connectivity index (χ3n) is 3.00. The molecule has 108 valence electrons. The largest absolute Gasteiger partial charge is 0.395 e. The van der Waals surface area contributed by atoms with Crippen molar-refractivity contribution in [3.63, 3.8) is 0 Å². The second-order valence-electron chi connectivity index (χ2n) is 4.55. The Morgan fingerprint density at radius 2 is 2.29 bits per heavy atom. The molecule has 0 saturated heterocycles. The van der Waals surface area contributed by atoms with Crippen LogP contribution in [0.4, 0.5) is 0 Å². The van der Waals surface area contributed by atoms with Gasteiger partial charge in [0, 0.05) is 23.7 Å². The smallest absolute Gasteiger partial charge is 0.253 e. The average Bonchev–Trinajstić information content (AvgIpc) is 3.02. The molecule has 5 heteroatoms. The van der Waals surface area contributed by atoms with E-state index >= 15 is 0 Å². The lowest BCUT2D eigenvalue weighted by Gasteiger charge is -2.12. The Balaban J connectivity index is 2.14. The van der Waals surface area contributed by atoms with Gasteiger partial charge in [-0.25, -0.2) is 0 Å². The fourth-order valence-corrected chi connectivity index (χ4v) is 1.86. The number of amides is 1. The maximum atomic E-state index is 12.3. The molecule has 5 nitrogen and oxygen atoms in total. The number of aromatic amines is 1. The topological polar surface area (TPSA) is 78.0 Å². The van der Waals surface area contributed by atoms with Crippen LogP contribution in [0.5, 0.6) is 0 Å². The number of H-pyrrole nitrogens is 1. The highest BCUT2D eigenvalue weighted by atomic mass is 16.2. The zero-order valence-electron chi connectivity index (χ0n) is 11.8. The van der Waals surface area contributed by atoms with E-state index in [1.165, 1.54) is 0 Å². The van der Waals surface area contributed by atoms with Crippen molar-refractivity contribution >= 4 is 5.91 Å². The van der Waals surface area contributed by atoms with Crippen molar-refractivity contribution in [1.82, 2.24) is 15.5 Å². The van der Waals surface area contributed by atoms with Gasteiger partial charge in [-0.3, -0.25) is 9.89 Å². The Kier molecular flexibility index (Phi) is 5.13. The van der Waals surface area contributed by atoms with Gasteiger partial charge in [-0.2, -0.15) is 5.10 Å². The number of aliphatic hydroxyl groups is 1. The molecule has 0 radical (unpaired) electrons. The molecule has 1 atom stereocenters. The summed E-state index contributed by atoms with van der Waals surface area (Å²) < 4.78 is 0. The maximum Gasteiger partial charge on any atom is 0.253 e. The third-order valence-corrected chi connectivity index (χ3v) is 3.00. The summed E-state index contributed by atoms with van der Waals surface area (Å²) in [7, 11) is 0. The monoisotopic (exact) mass is 283 g/mol. The van der Waals surface area contributed by atoms with E-state index in [0.29, 0.717) is 17.5 Å². The summed E-state index contributed by atoms with van der Waals surface area (Å²) >= 11 is 0. The molecule has 1 aromatic carbocycles. The first-order chi connectivity index (χ1) is 10.2. The molecule has 1 heterocycles. The third kappa shape index (κ3) is 3.94. The number of carbonyl (C=O) groups is 1. The van der Waals surface area contributed by atoms with Gasteiger partial charge in [-0.1, -0.05) is 24.0 Å². The van der Waals surface area contributed by atoms with E-state index in [2.05, 4.69) is 27.4 Å². The number of nitrogens with one attached hydrogen (secondary N) is 2. The fourth-order valence-electron chi connectivity index (χ4n) is 1.86. The maximum absolute atomic E-state index is 12.3. The summed E-state index contributed by atoms with van der Waals surface area (Å²) in [6, 6.07) is 7.02. The molecule has 0 spiro atoms. The van der Waals surface area contributed by atoms with Gasteiger partial charge in [-0.05, 0) is 19.1 Å². The summed E-state index contributed by atoms with van der Waals surface area (Å²) in [6.45, 7) is 1.90. The van der Waals surface area contributed by atoms with Gasteiger partial charge in [0.25, 0.3) is 5.91 Å². The van der Waals surface area contributed by atoms with Crippen LogP contribution in [0.2, 0.25) is 0 Å². The van der Waals surface area contributed by atoms with Crippen LogP contribution in [0.3, 0.4) is 0 Å². The standard InChI is InChI=1S/C16H17N3O2/c1-12(14-10-17-18-11-14)19-16(21)15-8-3-2-6-13(15)7-4-5-9-20/h2-3,6,8,10-12,20H,5,9H2,1H3,(H,17,18)(H,19,21). The minimum atomic E-state index is -0.183. The molecule has 0 aliphatic rings. The lowest BCUT2D eigenvalue weighted by molar-refractivity contribution is 0.0939. The molecular formula is C16H17N3O2. The number of rotatable bonds is 4. The predicted octanol–water partition coefficient (Wildman–Crippen LogP) is 1.63. The Labute approximate surface area is 123 Å². The number of aromatic nitrogens is 2. The summed E-state index contributed by atoms with van der Waals surface area (Å²) in [5.74, 6) is 5.56. The minimum Gasteiger partial charge on any atom is -0.395 e. The Morgan fingerprint density at radius 1 is 1.48 bits per heavy atom. The van der Waals surface area contributed by atoms with Gasteiger partial charge in [0.15, 0.2) is 0 Å². The van der Waals surface area contributed by atoms with Crippen molar-refractivity contribution < 1.29 is 9.90 Å². The number of hydrogen-bond acceptors (Lipinski definition) is 3. The van der Waals surface area contributed by atoms with Crippen molar-refractivity contribution in [3.8, 4) is 11.8 Å². The predicted molar refractivity (Wildman–Crippen MR) is 79.5 cm³/mol. The first kappa shape index (κ1) is 14.8. The number of benzene rings is 1. The van der Waals surface area contributed by atoms with E-state index in [0.717, 1.165) is 5.56 Å². The Morgan fingerprint density at radius 3 is 3.00 bits per heavy atom. The zero-order valence-corrected chi connectivity index (χ0v) is 11.8. The Bertz CT molecular complexity index is 654. The normalized spacial score (nSPS) is 11.3. The molecular weight excluding hydrogens is 266 g/mol. The second kappa shape index (κ2) is 7.27. The SMILES string of the molecule is CC(NC(=O)c1ccccc1C#CCCO)c1cn[nH]c1. The van der Waals surface area contributed by atoms with Crippen molar-refractivity contribution in [2.45, 2.75) is 19.4 Å². The van der Waals surface area contributed by atoms with Crippen molar-refractivity contribution in [2.24, 2.45) is 0 Å². The minimum absolute atomic E-state index is 0.0128. The lowest BCUT2D eigenvalue weighted by Crippen LogP contribution is -2.27. The summed E-state index contributed by atoms with van der Waals surface area (Å²) in [5.41, 5.74) is 2.09. The van der Waals surface area contributed by atoms with Crippen molar-refractivity contribution in [3.05, 3.63) is 53.3 Å². The molecule has 0 aliphatic heterocycles. The highest BCUT2D eigenvalue weighted by molar-refractivity contribution is 5.96. The first-order valence-corrected chi connectivity index (χ1v) is 6.70. The van der Waals surface area contributed by atoms with Crippen LogP contribution in [0.25, 0.3) is 0 Å². The lowest BCUT2D eigenvalue weighted by atomic mass is 10.1. The number of carbonyl (C=O) groups excluding carboxylic acids is 1. The molecule has 3 N–H and O–H groups in total. The van der Waals surface area contributed by atoms with Crippen LogP contribution in [0, 0.1) is 11.8 Å². The summed E-state index contributed by atoms with van der Waals surface area (Å²) in [5, 5.41) is 18.3. The van der Waals surface area contributed by atoms with Crippen LogP contribution < -0.4 is 5.32 Å². The molecule has 2 aromatic rings. The molecule has 0 saturated carbocycles. The molecule has 0 fully saturated rings. The van der Waals surface area contributed by atoms with E-state index in [-0.39, 0.29) is 18.6 Å². The van der Waals surface area contributed by atoms with Crippen LogP contribution in [0.1, 0.15) is 40.9 Å². The molecule has 0 aliphatic carbocycles. The number of nitrogens with zero attached hydrogens (tertiary/aromatic N) is 1.